The summed E-state index contributed by atoms with van der Waals surface area (Å²) in [5.41, 5.74) is 2.42. The lowest BCUT2D eigenvalue weighted by molar-refractivity contribution is -0.108. The molecule has 0 fully saturated rings. The molecule has 0 radical (unpaired) electrons. The van der Waals surface area contributed by atoms with Crippen molar-refractivity contribution in [2.24, 2.45) is 0 Å². The average Bonchev–Trinajstić information content (AvgIpc) is 2.86. The Morgan fingerprint density at radius 1 is 1.05 bits per heavy atom. The summed E-state index contributed by atoms with van der Waals surface area (Å²) in [6.07, 6.45) is 0.914. The highest BCUT2D eigenvalue weighted by Crippen LogP contribution is 2.35. The van der Waals surface area contributed by atoms with Crippen LogP contribution in [0.1, 0.15) is 21.8 Å². The zero-order valence-electron chi connectivity index (χ0n) is 10.3. The third-order valence-corrected chi connectivity index (χ3v) is 3.44. The molecule has 2 aromatic rings. The molecule has 0 aromatic heterocycles. The van der Waals surface area contributed by atoms with E-state index in [-0.39, 0.29) is 11.8 Å². The molecule has 94 valence electrons. The van der Waals surface area contributed by atoms with Gasteiger partial charge in [0.15, 0.2) is 0 Å². The minimum atomic E-state index is -0.219. The lowest BCUT2D eigenvalue weighted by Gasteiger charge is -2.17. The largest absolute Gasteiger partial charge is 0.307 e. The Balaban J connectivity index is 2.00. The van der Waals surface area contributed by atoms with Crippen molar-refractivity contribution in [1.82, 2.24) is 0 Å². The maximum atomic E-state index is 12.5. The molecule has 0 aliphatic carbocycles. The quantitative estimate of drug-likeness (QED) is 0.769. The molecule has 0 N–H and O–H groups in total. The maximum Gasteiger partial charge on any atom is 0.258 e. The number of carbonyl (C=O) groups is 2. The number of carbonyl (C=O) groups excluding carboxylic acids is 2. The molecular formula is C16H13NO2. The van der Waals surface area contributed by atoms with E-state index >= 15 is 0 Å². The summed E-state index contributed by atoms with van der Waals surface area (Å²) in [6, 6.07) is 16.7. The zero-order chi connectivity index (χ0) is 13.2. The van der Waals surface area contributed by atoms with Crippen LogP contribution in [0.15, 0.2) is 54.6 Å². The highest BCUT2D eigenvalue weighted by molar-refractivity contribution is 6.08. The summed E-state index contributed by atoms with van der Waals surface area (Å²) in [6.45, 7) is 0.427. The van der Waals surface area contributed by atoms with Crippen molar-refractivity contribution in [3.8, 4) is 0 Å². The Bertz CT molecular complexity index is 622. The summed E-state index contributed by atoms with van der Waals surface area (Å²) in [5.74, 6) is -0.277. The van der Waals surface area contributed by atoms with Crippen molar-refractivity contribution in [2.75, 3.05) is 11.4 Å². The summed E-state index contributed by atoms with van der Waals surface area (Å²) in [5, 5.41) is 0. The first-order valence-electron chi connectivity index (χ1n) is 6.22. The van der Waals surface area contributed by atoms with Crippen LogP contribution in [0.2, 0.25) is 0 Å². The molecule has 3 rings (SSSR count). The Morgan fingerprint density at radius 3 is 2.47 bits per heavy atom. The van der Waals surface area contributed by atoms with Crippen molar-refractivity contribution in [2.45, 2.75) is 5.92 Å². The van der Waals surface area contributed by atoms with Crippen LogP contribution in [0.25, 0.3) is 0 Å². The normalized spacial score (nSPS) is 17.1. The smallest absolute Gasteiger partial charge is 0.258 e. The van der Waals surface area contributed by atoms with Gasteiger partial charge < -0.3 is 9.69 Å². The van der Waals surface area contributed by atoms with Crippen LogP contribution in [0, 0.1) is 0 Å². The van der Waals surface area contributed by atoms with Gasteiger partial charge in [0.1, 0.15) is 6.29 Å². The summed E-state index contributed by atoms with van der Waals surface area (Å²) >= 11 is 0. The monoisotopic (exact) mass is 251 g/mol. The highest BCUT2D eigenvalue weighted by atomic mass is 16.2. The standard InChI is InChI=1S/C16H13NO2/c18-11-13-10-17(15-9-5-4-8-14(13)15)16(19)12-6-2-1-3-7-12/h1-9,11,13H,10H2. The minimum Gasteiger partial charge on any atom is -0.307 e. The van der Waals surface area contributed by atoms with E-state index in [2.05, 4.69) is 0 Å². The van der Waals surface area contributed by atoms with Crippen LogP contribution in [0.4, 0.5) is 5.69 Å². The zero-order valence-corrected chi connectivity index (χ0v) is 10.3. The first-order chi connectivity index (χ1) is 9.31. The number of amides is 1. The van der Waals surface area contributed by atoms with Crippen molar-refractivity contribution in [3.63, 3.8) is 0 Å². The molecule has 1 aliphatic rings. The van der Waals surface area contributed by atoms with Gasteiger partial charge in [0.2, 0.25) is 0 Å². The number of para-hydroxylation sites is 1. The third kappa shape index (κ3) is 1.93. The first kappa shape index (κ1) is 11.7. The number of hydrogen-bond donors (Lipinski definition) is 0. The fraction of sp³-hybridized carbons (Fsp3) is 0.125. The second-order valence-corrected chi connectivity index (χ2v) is 4.58. The Hall–Kier alpha value is -2.42. The lowest BCUT2D eigenvalue weighted by Crippen LogP contribution is -2.29. The molecule has 1 unspecified atom stereocenters. The second kappa shape index (κ2) is 4.69. The van der Waals surface area contributed by atoms with Crippen molar-refractivity contribution < 1.29 is 9.59 Å². The van der Waals surface area contributed by atoms with E-state index in [1.54, 1.807) is 17.0 Å². The van der Waals surface area contributed by atoms with Gasteiger partial charge in [0.05, 0.1) is 5.92 Å². The molecule has 3 nitrogen and oxygen atoms in total. The molecule has 0 saturated carbocycles. The van der Waals surface area contributed by atoms with Crippen LogP contribution < -0.4 is 4.90 Å². The molecular weight excluding hydrogens is 238 g/mol. The predicted octanol–water partition coefficient (Wildman–Crippen LogP) is 2.63. The lowest BCUT2D eigenvalue weighted by atomic mass is 10.0. The number of aldehydes is 1. The number of rotatable bonds is 2. The highest BCUT2D eigenvalue weighted by Gasteiger charge is 2.32. The van der Waals surface area contributed by atoms with E-state index < -0.39 is 0 Å². The van der Waals surface area contributed by atoms with Gasteiger partial charge >= 0.3 is 0 Å². The van der Waals surface area contributed by atoms with Gasteiger partial charge in [0.25, 0.3) is 5.91 Å². The Kier molecular flexibility index (Phi) is 2.88. The predicted molar refractivity (Wildman–Crippen MR) is 73.4 cm³/mol. The van der Waals surface area contributed by atoms with E-state index in [4.69, 9.17) is 0 Å². The molecule has 3 heteroatoms. The molecule has 1 amide bonds. The van der Waals surface area contributed by atoms with Crippen molar-refractivity contribution >= 4 is 17.9 Å². The fourth-order valence-electron chi connectivity index (χ4n) is 2.49. The molecule has 0 saturated heterocycles. The van der Waals surface area contributed by atoms with Gasteiger partial charge in [-0.15, -0.1) is 0 Å². The van der Waals surface area contributed by atoms with Crippen molar-refractivity contribution in [3.05, 3.63) is 65.7 Å². The molecule has 1 atom stereocenters. The minimum absolute atomic E-state index is 0.0580. The van der Waals surface area contributed by atoms with Gasteiger partial charge in [0, 0.05) is 17.8 Å². The van der Waals surface area contributed by atoms with Crippen LogP contribution in [0.5, 0.6) is 0 Å². The van der Waals surface area contributed by atoms with Gasteiger partial charge in [-0.3, -0.25) is 4.79 Å². The van der Waals surface area contributed by atoms with Crippen molar-refractivity contribution in [1.29, 1.82) is 0 Å². The van der Waals surface area contributed by atoms with Crippen LogP contribution in [0.3, 0.4) is 0 Å². The van der Waals surface area contributed by atoms with E-state index in [0.717, 1.165) is 17.5 Å². The topological polar surface area (TPSA) is 37.4 Å². The first-order valence-corrected chi connectivity index (χ1v) is 6.22. The number of hydrogen-bond acceptors (Lipinski definition) is 2. The fourth-order valence-corrected chi connectivity index (χ4v) is 2.49. The van der Waals surface area contributed by atoms with Crippen LogP contribution >= 0.6 is 0 Å². The summed E-state index contributed by atoms with van der Waals surface area (Å²) in [7, 11) is 0. The molecule has 0 spiro atoms. The molecule has 1 heterocycles. The van der Waals surface area contributed by atoms with E-state index in [1.165, 1.54) is 0 Å². The van der Waals surface area contributed by atoms with E-state index in [9.17, 15) is 9.59 Å². The molecule has 2 aromatic carbocycles. The van der Waals surface area contributed by atoms with Gasteiger partial charge in [-0.1, -0.05) is 36.4 Å². The summed E-state index contributed by atoms with van der Waals surface area (Å²) < 4.78 is 0. The van der Waals surface area contributed by atoms with Crippen LogP contribution in [-0.2, 0) is 4.79 Å². The van der Waals surface area contributed by atoms with Gasteiger partial charge in [-0.05, 0) is 23.8 Å². The summed E-state index contributed by atoms with van der Waals surface area (Å²) in [4.78, 5) is 25.3. The SMILES string of the molecule is O=CC1CN(C(=O)c2ccccc2)c2ccccc21. The Labute approximate surface area is 111 Å². The number of fused-ring (bicyclic) bond motifs is 1. The van der Waals surface area contributed by atoms with E-state index in [0.29, 0.717) is 12.1 Å². The number of anilines is 1. The molecule has 1 aliphatic heterocycles. The maximum absolute atomic E-state index is 12.5. The average molecular weight is 251 g/mol. The number of nitrogens with zero attached hydrogens (tertiary/aromatic N) is 1. The molecule has 0 bridgehead atoms. The second-order valence-electron chi connectivity index (χ2n) is 4.58. The van der Waals surface area contributed by atoms with E-state index in [1.807, 2.05) is 42.5 Å². The van der Waals surface area contributed by atoms with Gasteiger partial charge in [-0.25, -0.2) is 0 Å². The van der Waals surface area contributed by atoms with Gasteiger partial charge in [-0.2, -0.15) is 0 Å². The van der Waals surface area contributed by atoms with Crippen LogP contribution in [-0.4, -0.2) is 18.7 Å². The third-order valence-electron chi connectivity index (χ3n) is 3.44. The Morgan fingerprint density at radius 2 is 1.74 bits per heavy atom. The molecule has 19 heavy (non-hydrogen) atoms. The number of benzene rings is 2.